The summed E-state index contributed by atoms with van der Waals surface area (Å²) in [6.45, 7) is 5.97. The maximum Gasteiger partial charge on any atom is 0.129 e. The number of benzene rings is 1. The van der Waals surface area contributed by atoms with Crippen molar-refractivity contribution in [1.82, 2.24) is 0 Å². The van der Waals surface area contributed by atoms with Crippen LogP contribution in [-0.4, -0.2) is 12.9 Å². The molecule has 17 heavy (non-hydrogen) atoms. The van der Waals surface area contributed by atoms with Gasteiger partial charge in [-0.25, -0.2) is 0 Å². The van der Waals surface area contributed by atoms with Crippen molar-refractivity contribution in [2.75, 3.05) is 7.11 Å². The first-order valence-electron chi connectivity index (χ1n) is 6.21. The van der Waals surface area contributed by atoms with Crippen molar-refractivity contribution in [3.63, 3.8) is 0 Å². The van der Waals surface area contributed by atoms with E-state index in [9.17, 15) is 4.79 Å². The van der Waals surface area contributed by atoms with Crippen LogP contribution >= 0.6 is 0 Å². The lowest BCUT2D eigenvalue weighted by Gasteiger charge is -2.13. The molecule has 0 unspecified atom stereocenters. The molecule has 2 heteroatoms. The summed E-state index contributed by atoms with van der Waals surface area (Å²) in [6.07, 6.45) is 2.56. The van der Waals surface area contributed by atoms with Crippen molar-refractivity contribution < 1.29 is 9.53 Å². The Morgan fingerprint density at radius 2 is 2.06 bits per heavy atom. The van der Waals surface area contributed by atoms with Crippen molar-refractivity contribution in [1.29, 1.82) is 0 Å². The van der Waals surface area contributed by atoms with E-state index in [2.05, 4.69) is 26.0 Å². The van der Waals surface area contributed by atoms with E-state index >= 15 is 0 Å². The summed E-state index contributed by atoms with van der Waals surface area (Å²) in [5.41, 5.74) is 2.53. The Hall–Kier alpha value is -1.31. The Labute approximate surface area is 104 Å². The highest BCUT2D eigenvalue weighted by molar-refractivity contribution is 5.75. The third kappa shape index (κ3) is 4.22. The normalized spacial score (nSPS) is 10.6. The fourth-order valence-corrected chi connectivity index (χ4v) is 1.93. The number of hydrogen-bond acceptors (Lipinski definition) is 2. The summed E-state index contributed by atoms with van der Waals surface area (Å²) in [5.74, 6) is 1.68. The zero-order valence-electron chi connectivity index (χ0n) is 11.2. The second-order valence-electron chi connectivity index (χ2n) is 4.79. The van der Waals surface area contributed by atoms with Crippen LogP contribution < -0.4 is 4.74 Å². The molecule has 0 radical (unpaired) electrons. The average molecular weight is 234 g/mol. The molecular formula is C15H22O2. The van der Waals surface area contributed by atoms with E-state index in [-0.39, 0.29) is 5.78 Å². The monoisotopic (exact) mass is 234 g/mol. The minimum atomic E-state index is 0.266. The Bertz CT molecular complexity index is 381. The second kappa shape index (κ2) is 6.43. The summed E-state index contributed by atoms with van der Waals surface area (Å²) in [4.78, 5) is 10.9. The van der Waals surface area contributed by atoms with E-state index in [1.165, 1.54) is 11.1 Å². The van der Waals surface area contributed by atoms with Gasteiger partial charge in [0.2, 0.25) is 0 Å². The number of hydrogen-bond donors (Lipinski definition) is 0. The van der Waals surface area contributed by atoms with E-state index in [1.807, 2.05) is 6.07 Å². The van der Waals surface area contributed by atoms with Gasteiger partial charge in [-0.3, -0.25) is 0 Å². The first-order valence-corrected chi connectivity index (χ1v) is 6.21. The summed E-state index contributed by atoms with van der Waals surface area (Å²) in [6, 6.07) is 6.31. The fraction of sp³-hybridized carbons (Fsp3) is 0.533. The minimum absolute atomic E-state index is 0.266. The zero-order valence-corrected chi connectivity index (χ0v) is 11.2. The highest BCUT2D eigenvalue weighted by Gasteiger charge is 2.08. The van der Waals surface area contributed by atoms with Crippen molar-refractivity contribution >= 4 is 5.78 Å². The van der Waals surface area contributed by atoms with Crippen molar-refractivity contribution in [3.8, 4) is 5.75 Å². The first-order chi connectivity index (χ1) is 8.04. The molecule has 2 nitrogen and oxygen atoms in total. The van der Waals surface area contributed by atoms with Gasteiger partial charge >= 0.3 is 0 Å². The zero-order chi connectivity index (χ0) is 12.8. The van der Waals surface area contributed by atoms with Crippen LogP contribution in [-0.2, 0) is 11.2 Å². The van der Waals surface area contributed by atoms with Crippen LogP contribution in [0, 0.1) is 0 Å². The van der Waals surface area contributed by atoms with Gasteiger partial charge in [0, 0.05) is 6.42 Å². The van der Waals surface area contributed by atoms with Gasteiger partial charge in [0.15, 0.2) is 0 Å². The van der Waals surface area contributed by atoms with Crippen molar-refractivity contribution in [3.05, 3.63) is 29.3 Å². The highest BCUT2D eigenvalue weighted by atomic mass is 16.5. The Morgan fingerprint density at radius 3 is 2.59 bits per heavy atom. The van der Waals surface area contributed by atoms with E-state index in [0.29, 0.717) is 12.3 Å². The van der Waals surface area contributed by atoms with Gasteiger partial charge in [0.1, 0.15) is 11.5 Å². The van der Waals surface area contributed by atoms with Gasteiger partial charge in [-0.15, -0.1) is 0 Å². The molecule has 0 heterocycles. The average Bonchev–Trinajstić information content (AvgIpc) is 2.28. The molecule has 0 aliphatic heterocycles. The molecule has 0 aliphatic rings. The molecule has 1 aromatic rings. The van der Waals surface area contributed by atoms with Crippen LogP contribution in [0.4, 0.5) is 0 Å². The van der Waals surface area contributed by atoms with Crippen molar-refractivity contribution in [2.24, 2.45) is 0 Å². The second-order valence-corrected chi connectivity index (χ2v) is 4.79. The number of aryl methyl sites for hydroxylation is 1. The maximum atomic E-state index is 10.9. The van der Waals surface area contributed by atoms with Gasteiger partial charge in [-0.1, -0.05) is 26.0 Å². The predicted molar refractivity (Wildman–Crippen MR) is 70.7 cm³/mol. The first kappa shape index (κ1) is 13.8. The van der Waals surface area contributed by atoms with Crippen molar-refractivity contribution in [2.45, 2.75) is 46.0 Å². The smallest absolute Gasteiger partial charge is 0.129 e. The summed E-state index contributed by atoms with van der Waals surface area (Å²) >= 11 is 0. The van der Waals surface area contributed by atoms with Gasteiger partial charge in [0.25, 0.3) is 0 Å². The largest absolute Gasteiger partial charge is 0.496 e. The van der Waals surface area contributed by atoms with E-state index in [1.54, 1.807) is 14.0 Å². The fourth-order valence-electron chi connectivity index (χ4n) is 1.93. The molecule has 0 aromatic heterocycles. The summed E-state index contributed by atoms with van der Waals surface area (Å²) in [5, 5.41) is 0. The molecule has 0 aliphatic carbocycles. The SMILES string of the molecule is COc1ccc(CCCC(C)=O)cc1C(C)C. The van der Waals surface area contributed by atoms with Crippen LogP contribution in [0.1, 0.15) is 50.7 Å². The number of ether oxygens (including phenoxy) is 1. The van der Waals surface area contributed by atoms with E-state index in [4.69, 9.17) is 4.74 Å². The highest BCUT2D eigenvalue weighted by Crippen LogP contribution is 2.27. The molecule has 1 aromatic carbocycles. The van der Waals surface area contributed by atoms with E-state index < -0.39 is 0 Å². The van der Waals surface area contributed by atoms with Gasteiger partial charge in [0.05, 0.1) is 7.11 Å². The van der Waals surface area contributed by atoms with E-state index in [0.717, 1.165) is 18.6 Å². The van der Waals surface area contributed by atoms with Crippen LogP contribution in [0.25, 0.3) is 0 Å². The lowest BCUT2D eigenvalue weighted by Crippen LogP contribution is -1.97. The molecule has 94 valence electrons. The Morgan fingerprint density at radius 1 is 1.35 bits per heavy atom. The Balaban J connectivity index is 2.74. The molecule has 0 atom stereocenters. The minimum Gasteiger partial charge on any atom is -0.496 e. The third-order valence-electron chi connectivity index (χ3n) is 2.91. The number of carbonyl (C=O) groups is 1. The summed E-state index contributed by atoms with van der Waals surface area (Å²) in [7, 11) is 1.70. The van der Waals surface area contributed by atoms with Gasteiger partial charge < -0.3 is 9.53 Å². The summed E-state index contributed by atoms with van der Waals surface area (Å²) < 4.78 is 5.35. The number of rotatable bonds is 6. The predicted octanol–water partition coefficient (Wildman–Crippen LogP) is 3.73. The number of carbonyl (C=O) groups excluding carboxylic acids is 1. The van der Waals surface area contributed by atoms with Crippen LogP contribution in [0.5, 0.6) is 5.75 Å². The van der Waals surface area contributed by atoms with Gasteiger partial charge in [-0.2, -0.15) is 0 Å². The molecule has 0 saturated carbocycles. The third-order valence-corrected chi connectivity index (χ3v) is 2.91. The van der Waals surface area contributed by atoms with Gasteiger partial charge in [-0.05, 0) is 42.9 Å². The standard InChI is InChI=1S/C15H22O2/c1-11(2)14-10-13(7-5-6-12(3)16)8-9-15(14)17-4/h8-11H,5-7H2,1-4H3. The molecule has 0 spiro atoms. The molecule has 0 saturated heterocycles. The topological polar surface area (TPSA) is 26.3 Å². The quantitative estimate of drug-likeness (QED) is 0.749. The lowest BCUT2D eigenvalue weighted by atomic mass is 9.97. The van der Waals surface area contributed by atoms with Crippen LogP contribution in [0.15, 0.2) is 18.2 Å². The number of methoxy groups -OCH3 is 1. The Kier molecular flexibility index (Phi) is 5.20. The molecule has 0 N–H and O–H groups in total. The van der Waals surface area contributed by atoms with Crippen LogP contribution in [0.2, 0.25) is 0 Å². The molecular weight excluding hydrogens is 212 g/mol. The number of ketones is 1. The number of Topliss-reactive ketones (excluding diaryl/α,β-unsaturated/α-hetero) is 1. The molecule has 1 rings (SSSR count). The lowest BCUT2D eigenvalue weighted by molar-refractivity contribution is -0.117. The molecule has 0 fully saturated rings. The van der Waals surface area contributed by atoms with Crippen LogP contribution in [0.3, 0.4) is 0 Å². The maximum absolute atomic E-state index is 10.9. The molecule has 0 bridgehead atoms. The molecule has 0 amide bonds.